The van der Waals surface area contributed by atoms with E-state index in [4.69, 9.17) is 9.78 Å². The minimum Gasteiger partial charge on any atom is -0.231 e. The standard InChI is InChI=1S/C12H18O2/c1-10-7-5-6-8-11(10)9-13-14-12(2,3)4/h5-8H,9H2,1-4H3. The van der Waals surface area contributed by atoms with Crippen LogP contribution in [0.1, 0.15) is 31.9 Å². The molecule has 0 radical (unpaired) electrons. The molecule has 1 aromatic carbocycles. The smallest absolute Gasteiger partial charge is 0.108 e. The average Bonchev–Trinajstić information content (AvgIpc) is 2.06. The molecule has 1 rings (SSSR count). The average molecular weight is 194 g/mol. The highest BCUT2D eigenvalue weighted by molar-refractivity contribution is 5.24. The van der Waals surface area contributed by atoms with Gasteiger partial charge in [0.15, 0.2) is 0 Å². The van der Waals surface area contributed by atoms with Gasteiger partial charge in [-0.15, -0.1) is 0 Å². The van der Waals surface area contributed by atoms with Crippen LogP contribution in [0.3, 0.4) is 0 Å². The van der Waals surface area contributed by atoms with Crippen molar-refractivity contribution in [2.24, 2.45) is 0 Å². The summed E-state index contributed by atoms with van der Waals surface area (Å²) in [6, 6.07) is 8.13. The van der Waals surface area contributed by atoms with E-state index in [1.54, 1.807) is 0 Å². The zero-order valence-corrected chi connectivity index (χ0v) is 9.33. The SMILES string of the molecule is Cc1ccccc1COOC(C)(C)C. The number of benzene rings is 1. The molecule has 0 unspecified atom stereocenters. The molecule has 0 spiro atoms. The summed E-state index contributed by atoms with van der Waals surface area (Å²) in [7, 11) is 0. The quantitative estimate of drug-likeness (QED) is 0.543. The Morgan fingerprint density at radius 2 is 1.79 bits per heavy atom. The van der Waals surface area contributed by atoms with E-state index in [9.17, 15) is 0 Å². The molecule has 2 heteroatoms. The molecule has 0 fully saturated rings. The normalized spacial score (nSPS) is 11.7. The Labute approximate surface area is 85.8 Å². The minimum absolute atomic E-state index is 0.247. The summed E-state index contributed by atoms with van der Waals surface area (Å²) in [5.41, 5.74) is 2.14. The molecule has 0 amide bonds. The molecule has 0 saturated heterocycles. The highest BCUT2D eigenvalue weighted by Gasteiger charge is 2.11. The molecule has 2 nitrogen and oxygen atoms in total. The first-order valence-electron chi connectivity index (χ1n) is 4.84. The summed E-state index contributed by atoms with van der Waals surface area (Å²) in [6.45, 7) is 8.46. The van der Waals surface area contributed by atoms with Gasteiger partial charge in [-0.3, -0.25) is 0 Å². The van der Waals surface area contributed by atoms with E-state index in [0.717, 1.165) is 5.56 Å². The second-order valence-electron chi connectivity index (χ2n) is 4.38. The van der Waals surface area contributed by atoms with Crippen molar-refractivity contribution in [2.75, 3.05) is 0 Å². The topological polar surface area (TPSA) is 18.5 Å². The van der Waals surface area contributed by atoms with Crippen molar-refractivity contribution in [3.8, 4) is 0 Å². The molecule has 0 heterocycles. The molecular formula is C12H18O2. The van der Waals surface area contributed by atoms with Gasteiger partial charge in [-0.2, -0.15) is 0 Å². The maximum absolute atomic E-state index is 5.19. The van der Waals surface area contributed by atoms with Gasteiger partial charge in [-0.05, 0) is 38.8 Å². The Morgan fingerprint density at radius 1 is 1.14 bits per heavy atom. The van der Waals surface area contributed by atoms with Gasteiger partial charge in [0.05, 0.1) is 5.60 Å². The van der Waals surface area contributed by atoms with Gasteiger partial charge in [-0.1, -0.05) is 24.3 Å². The third-order valence-corrected chi connectivity index (χ3v) is 1.78. The van der Waals surface area contributed by atoms with Crippen LogP contribution in [0.4, 0.5) is 0 Å². The van der Waals surface area contributed by atoms with Crippen molar-refractivity contribution < 1.29 is 9.78 Å². The van der Waals surface area contributed by atoms with Crippen LogP contribution < -0.4 is 0 Å². The van der Waals surface area contributed by atoms with Gasteiger partial charge >= 0.3 is 0 Å². The first kappa shape index (κ1) is 11.2. The lowest BCUT2D eigenvalue weighted by atomic mass is 10.1. The molecular weight excluding hydrogens is 176 g/mol. The zero-order chi connectivity index (χ0) is 10.6. The maximum Gasteiger partial charge on any atom is 0.108 e. The predicted octanol–water partition coefficient (Wildman–Crippen LogP) is 3.24. The predicted molar refractivity (Wildman–Crippen MR) is 56.8 cm³/mol. The van der Waals surface area contributed by atoms with Crippen LogP contribution >= 0.6 is 0 Å². The molecule has 0 atom stereocenters. The van der Waals surface area contributed by atoms with Crippen molar-refractivity contribution in [3.63, 3.8) is 0 Å². The van der Waals surface area contributed by atoms with Crippen LogP contribution in [0.5, 0.6) is 0 Å². The van der Waals surface area contributed by atoms with Crippen molar-refractivity contribution >= 4 is 0 Å². The third kappa shape index (κ3) is 3.90. The van der Waals surface area contributed by atoms with E-state index in [1.165, 1.54) is 5.56 Å². The molecule has 14 heavy (non-hydrogen) atoms. The highest BCUT2D eigenvalue weighted by Crippen LogP contribution is 2.12. The van der Waals surface area contributed by atoms with Gasteiger partial charge in [0.1, 0.15) is 6.61 Å². The second kappa shape index (κ2) is 4.58. The summed E-state index contributed by atoms with van der Waals surface area (Å²) in [5.74, 6) is 0. The molecule has 0 aliphatic rings. The molecule has 1 aromatic rings. The summed E-state index contributed by atoms with van der Waals surface area (Å²) < 4.78 is 0. The van der Waals surface area contributed by atoms with Crippen LogP contribution in [-0.2, 0) is 16.4 Å². The summed E-state index contributed by atoms with van der Waals surface area (Å²) in [6.07, 6.45) is 0. The van der Waals surface area contributed by atoms with E-state index in [-0.39, 0.29) is 5.60 Å². The van der Waals surface area contributed by atoms with Gasteiger partial charge in [-0.25, -0.2) is 9.78 Å². The third-order valence-electron chi connectivity index (χ3n) is 1.78. The Kier molecular flexibility index (Phi) is 3.67. The van der Waals surface area contributed by atoms with Crippen LogP contribution in [-0.4, -0.2) is 5.60 Å². The maximum atomic E-state index is 5.19. The molecule has 78 valence electrons. The van der Waals surface area contributed by atoms with Crippen molar-refractivity contribution in [3.05, 3.63) is 35.4 Å². The molecule has 0 aliphatic carbocycles. The summed E-state index contributed by atoms with van der Waals surface area (Å²) >= 11 is 0. The fraction of sp³-hybridized carbons (Fsp3) is 0.500. The van der Waals surface area contributed by atoms with E-state index in [2.05, 4.69) is 13.0 Å². The largest absolute Gasteiger partial charge is 0.231 e. The second-order valence-corrected chi connectivity index (χ2v) is 4.38. The Hall–Kier alpha value is -0.860. The lowest BCUT2D eigenvalue weighted by Gasteiger charge is -2.17. The molecule has 0 bridgehead atoms. The Balaban J connectivity index is 2.43. The van der Waals surface area contributed by atoms with Crippen molar-refractivity contribution in [2.45, 2.75) is 39.9 Å². The molecule has 0 saturated carbocycles. The molecule has 0 aliphatic heterocycles. The minimum atomic E-state index is -0.247. The first-order chi connectivity index (χ1) is 6.49. The van der Waals surface area contributed by atoms with Crippen molar-refractivity contribution in [1.29, 1.82) is 0 Å². The summed E-state index contributed by atoms with van der Waals surface area (Å²) in [4.78, 5) is 10.4. The van der Waals surface area contributed by atoms with Crippen LogP contribution in [0, 0.1) is 6.92 Å². The van der Waals surface area contributed by atoms with Crippen molar-refractivity contribution in [1.82, 2.24) is 0 Å². The van der Waals surface area contributed by atoms with Crippen LogP contribution in [0.15, 0.2) is 24.3 Å². The lowest BCUT2D eigenvalue weighted by molar-refractivity contribution is -0.356. The summed E-state index contributed by atoms with van der Waals surface area (Å²) in [5, 5.41) is 0. The van der Waals surface area contributed by atoms with Gasteiger partial charge < -0.3 is 0 Å². The first-order valence-corrected chi connectivity index (χ1v) is 4.84. The molecule has 0 aromatic heterocycles. The fourth-order valence-corrected chi connectivity index (χ4v) is 1.04. The Morgan fingerprint density at radius 3 is 2.36 bits per heavy atom. The van der Waals surface area contributed by atoms with E-state index >= 15 is 0 Å². The fourth-order valence-electron chi connectivity index (χ4n) is 1.04. The van der Waals surface area contributed by atoms with E-state index in [0.29, 0.717) is 6.61 Å². The van der Waals surface area contributed by atoms with E-state index in [1.807, 2.05) is 39.0 Å². The number of hydrogen-bond acceptors (Lipinski definition) is 2. The van der Waals surface area contributed by atoms with E-state index < -0.39 is 0 Å². The van der Waals surface area contributed by atoms with Crippen LogP contribution in [0.25, 0.3) is 0 Å². The lowest BCUT2D eigenvalue weighted by Crippen LogP contribution is -2.19. The highest BCUT2D eigenvalue weighted by atomic mass is 17.2. The number of hydrogen-bond donors (Lipinski definition) is 0. The zero-order valence-electron chi connectivity index (χ0n) is 9.33. The molecule has 0 N–H and O–H groups in total. The van der Waals surface area contributed by atoms with Crippen LogP contribution in [0.2, 0.25) is 0 Å². The van der Waals surface area contributed by atoms with Gasteiger partial charge in [0.25, 0.3) is 0 Å². The number of aryl methyl sites for hydroxylation is 1. The van der Waals surface area contributed by atoms with Gasteiger partial charge in [0, 0.05) is 0 Å². The monoisotopic (exact) mass is 194 g/mol. The number of rotatable bonds is 3. The Bertz CT molecular complexity index is 287. The van der Waals surface area contributed by atoms with Gasteiger partial charge in [0.2, 0.25) is 0 Å².